The summed E-state index contributed by atoms with van der Waals surface area (Å²) in [6.07, 6.45) is -4.45. The summed E-state index contributed by atoms with van der Waals surface area (Å²) in [6.45, 7) is 5.37. The van der Waals surface area contributed by atoms with Crippen LogP contribution in [0.5, 0.6) is 0 Å². The van der Waals surface area contributed by atoms with Crippen molar-refractivity contribution in [1.82, 2.24) is 15.1 Å². The molecule has 1 aromatic carbocycles. The second-order valence-corrected chi connectivity index (χ2v) is 6.32. The van der Waals surface area contributed by atoms with E-state index in [2.05, 4.69) is 10.4 Å². The van der Waals surface area contributed by atoms with Gasteiger partial charge in [-0.15, -0.1) is 0 Å². The summed E-state index contributed by atoms with van der Waals surface area (Å²) in [5, 5.41) is 7.36. The highest BCUT2D eigenvalue weighted by atomic mass is 35.5. The molecule has 136 valence electrons. The third-order valence-electron chi connectivity index (χ3n) is 3.96. The molecule has 0 spiro atoms. The van der Waals surface area contributed by atoms with Gasteiger partial charge in [-0.2, -0.15) is 18.3 Å². The van der Waals surface area contributed by atoms with Crippen LogP contribution in [0.1, 0.15) is 29.4 Å². The van der Waals surface area contributed by atoms with E-state index < -0.39 is 17.7 Å². The van der Waals surface area contributed by atoms with Gasteiger partial charge in [-0.1, -0.05) is 36.7 Å². The lowest BCUT2D eigenvalue weighted by molar-refractivity contribution is -0.138. The number of rotatable bonds is 5. The standard InChI is InChI=1S/C17H19ClF3N3O/c1-10(9-24-12(3)15(18)11(2)23-24)16(25)22-8-13-6-4-5-7-14(13)17(19,20)21/h4-7,10H,8-9H2,1-3H3,(H,22,25)/t10-/m1/s1. The minimum atomic E-state index is -4.45. The van der Waals surface area contributed by atoms with Gasteiger partial charge in [0.2, 0.25) is 5.91 Å². The Hall–Kier alpha value is -2.02. The summed E-state index contributed by atoms with van der Waals surface area (Å²) in [4.78, 5) is 12.2. The van der Waals surface area contributed by atoms with Gasteiger partial charge in [-0.05, 0) is 25.5 Å². The number of alkyl halides is 3. The molecular weight excluding hydrogens is 355 g/mol. The van der Waals surface area contributed by atoms with Gasteiger partial charge in [-0.3, -0.25) is 9.48 Å². The molecule has 2 aromatic rings. The number of nitrogens with one attached hydrogen (secondary N) is 1. The molecule has 0 fully saturated rings. The van der Waals surface area contributed by atoms with E-state index >= 15 is 0 Å². The third kappa shape index (κ3) is 4.54. The Morgan fingerprint density at radius 2 is 1.96 bits per heavy atom. The molecule has 0 saturated carbocycles. The SMILES string of the molecule is Cc1nn(C[C@@H](C)C(=O)NCc2ccccc2C(F)(F)F)c(C)c1Cl. The largest absolute Gasteiger partial charge is 0.416 e. The Kier molecular flexibility index (Phi) is 5.77. The van der Waals surface area contributed by atoms with Crippen molar-refractivity contribution in [2.75, 3.05) is 0 Å². The van der Waals surface area contributed by atoms with Crippen LogP contribution >= 0.6 is 11.6 Å². The zero-order valence-corrected chi connectivity index (χ0v) is 14.9. The van der Waals surface area contributed by atoms with Crippen LogP contribution in [-0.2, 0) is 24.1 Å². The molecule has 0 radical (unpaired) electrons. The molecule has 8 heteroatoms. The van der Waals surface area contributed by atoms with E-state index in [1.54, 1.807) is 25.5 Å². The topological polar surface area (TPSA) is 46.9 Å². The molecule has 25 heavy (non-hydrogen) atoms. The number of amides is 1. The van der Waals surface area contributed by atoms with Gasteiger partial charge in [0.15, 0.2) is 0 Å². The Morgan fingerprint density at radius 3 is 2.52 bits per heavy atom. The fourth-order valence-electron chi connectivity index (χ4n) is 2.50. The molecule has 1 aromatic heterocycles. The average molecular weight is 374 g/mol. The van der Waals surface area contributed by atoms with Crippen molar-refractivity contribution >= 4 is 17.5 Å². The molecule has 2 rings (SSSR count). The van der Waals surface area contributed by atoms with Crippen molar-refractivity contribution in [1.29, 1.82) is 0 Å². The number of nitrogens with zero attached hydrogens (tertiary/aromatic N) is 2. The van der Waals surface area contributed by atoms with Crippen LogP contribution in [0.4, 0.5) is 13.2 Å². The number of carbonyl (C=O) groups is 1. The van der Waals surface area contributed by atoms with Crippen LogP contribution in [0.15, 0.2) is 24.3 Å². The van der Waals surface area contributed by atoms with Crippen LogP contribution in [0, 0.1) is 19.8 Å². The van der Waals surface area contributed by atoms with E-state index in [1.807, 2.05) is 0 Å². The fourth-order valence-corrected chi connectivity index (χ4v) is 2.64. The number of hydrogen-bond donors (Lipinski definition) is 1. The third-order valence-corrected chi connectivity index (χ3v) is 4.51. The van der Waals surface area contributed by atoms with E-state index in [4.69, 9.17) is 11.6 Å². The molecule has 0 aliphatic heterocycles. The van der Waals surface area contributed by atoms with E-state index in [0.29, 0.717) is 17.3 Å². The number of benzene rings is 1. The van der Waals surface area contributed by atoms with Crippen LogP contribution < -0.4 is 5.32 Å². The van der Waals surface area contributed by atoms with E-state index in [-0.39, 0.29) is 18.0 Å². The second-order valence-electron chi connectivity index (χ2n) is 5.94. The van der Waals surface area contributed by atoms with Crippen LogP contribution in [0.3, 0.4) is 0 Å². The predicted molar refractivity (Wildman–Crippen MR) is 89.2 cm³/mol. The number of aryl methyl sites for hydroxylation is 1. The Labute approximate surface area is 149 Å². The van der Waals surface area contributed by atoms with Gasteiger partial charge in [0.25, 0.3) is 0 Å². The first-order chi connectivity index (χ1) is 11.6. The molecule has 1 heterocycles. The quantitative estimate of drug-likeness (QED) is 0.856. The summed E-state index contributed by atoms with van der Waals surface area (Å²) in [7, 11) is 0. The minimum absolute atomic E-state index is 0.0321. The second kappa shape index (κ2) is 7.47. The first-order valence-corrected chi connectivity index (χ1v) is 8.11. The van der Waals surface area contributed by atoms with Crippen LogP contribution in [0.25, 0.3) is 0 Å². The lowest BCUT2D eigenvalue weighted by atomic mass is 10.1. The summed E-state index contributed by atoms with van der Waals surface area (Å²) in [5.74, 6) is -0.812. The van der Waals surface area contributed by atoms with Crippen molar-refractivity contribution in [3.05, 3.63) is 51.8 Å². The highest BCUT2D eigenvalue weighted by molar-refractivity contribution is 6.31. The summed E-state index contributed by atoms with van der Waals surface area (Å²) in [5.41, 5.74) is 0.713. The van der Waals surface area contributed by atoms with Gasteiger partial charge in [-0.25, -0.2) is 0 Å². The van der Waals surface area contributed by atoms with Crippen LogP contribution in [-0.4, -0.2) is 15.7 Å². The molecule has 0 aliphatic rings. The summed E-state index contributed by atoms with van der Waals surface area (Å²) >= 11 is 6.07. The number of halogens is 4. The van der Waals surface area contributed by atoms with Crippen molar-refractivity contribution in [2.24, 2.45) is 5.92 Å². The van der Waals surface area contributed by atoms with Gasteiger partial charge in [0.1, 0.15) is 0 Å². The van der Waals surface area contributed by atoms with Gasteiger partial charge >= 0.3 is 6.18 Å². The highest BCUT2D eigenvalue weighted by Crippen LogP contribution is 2.31. The van der Waals surface area contributed by atoms with E-state index in [0.717, 1.165) is 11.8 Å². The Bertz CT molecular complexity index is 771. The van der Waals surface area contributed by atoms with Gasteiger partial charge in [0, 0.05) is 6.54 Å². The zero-order chi connectivity index (χ0) is 18.8. The number of hydrogen-bond acceptors (Lipinski definition) is 2. The minimum Gasteiger partial charge on any atom is -0.352 e. The zero-order valence-electron chi connectivity index (χ0n) is 14.1. The lowest BCUT2D eigenvalue weighted by Gasteiger charge is -2.16. The molecule has 0 saturated heterocycles. The number of aromatic nitrogens is 2. The molecule has 1 amide bonds. The Balaban J connectivity index is 2.02. The predicted octanol–water partition coefficient (Wildman–Crippen LogP) is 4.12. The fraction of sp³-hybridized carbons (Fsp3) is 0.412. The monoisotopic (exact) mass is 373 g/mol. The van der Waals surface area contributed by atoms with Crippen molar-refractivity contribution < 1.29 is 18.0 Å². The maximum atomic E-state index is 13.0. The molecule has 1 atom stereocenters. The van der Waals surface area contributed by atoms with Gasteiger partial charge in [0.05, 0.1) is 34.4 Å². The maximum absolute atomic E-state index is 13.0. The molecule has 0 bridgehead atoms. The summed E-state index contributed by atoms with van der Waals surface area (Å²) in [6, 6.07) is 5.19. The molecular formula is C17H19ClF3N3O. The normalized spacial score (nSPS) is 12.9. The maximum Gasteiger partial charge on any atom is 0.416 e. The lowest BCUT2D eigenvalue weighted by Crippen LogP contribution is -2.32. The molecule has 1 N–H and O–H groups in total. The van der Waals surface area contributed by atoms with Gasteiger partial charge < -0.3 is 5.32 Å². The van der Waals surface area contributed by atoms with Crippen molar-refractivity contribution in [3.8, 4) is 0 Å². The Morgan fingerprint density at radius 1 is 1.32 bits per heavy atom. The smallest absolute Gasteiger partial charge is 0.352 e. The molecule has 0 unspecified atom stereocenters. The number of carbonyl (C=O) groups excluding carboxylic acids is 1. The average Bonchev–Trinajstić information content (AvgIpc) is 2.79. The first kappa shape index (κ1) is 19.3. The van der Waals surface area contributed by atoms with E-state index in [1.165, 1.54) is 18.2 Å². The highest BCUT2D eigenvalue weighted by Gasteiger charge is 2.32. The first-order valence-electron chi connectivity index (χ1n) is 7.73. The van der Waals surface area contributed by atoms with Crippen molar-refractivity contribution in [3.63, 3.8) is 0 Å². The molecule has 0 aliphatic carbocycles. The summed E-state index contributed by atoms with van der Waals surface area (Å²) < 4.78 is 40.5. The van der Waals surface area contributed by atoms with E-state index in [9.17, 15) is 18.0 Å². The van der Waals surface area contributed by atoms with Crippen molar-refractivity contribution in [2.45, 2.75) is 40.0 Å². The molecule has 4 nitrogen and oxygen atoms in total. The van der Waals surface area contributed by atoms with Crippen LogP contribution in [0.2, 0.25) is 5.02 Å².